The Hall–Kier alpha value is -1.55. The summed E-state index contributed by atoms with van der Waals surface area (Å²) in [6.45, 7) is 9.41. The molecule has 130 valence electrons. The Morgan fingerprint density at radius 1 is 1.26 bits per heavy atom. The van der Waals surface area contributed by atoms with Crippen molar-refractivity contribution in [2.45, 2.75) is 59.4 Å². The highest BCUT2D eigenvalue weighted by molar-refractivity contribution is 5.66. The van der Waals surface area contributed by atoms with E-state index < -0.39 is 5.97 Å². The highest BCUT2D eigenvalue weighted by Gasteiger charge is 2.12. The molecule has 0 bridgehead atoms. The molecule has 1 aliphatic heterocycles. The molecular formula is C19H32N2O2. The summed E-state index contributed by atoms with van der Waals surface area (Å²) >= 11 is 0. The van der Waals surface area contributed by atoms with Crippen LogP contribution in [0.1, 0.15) is 58.4 Å². The van der Waals surface area contributed by atoms with Crippen LogP contribution in [-0.2, 0) is 11.3 Å². The molecule has 0 amide bonds. The fourth-order valence-electron chi connectivity index (χ4n) is 2.63. The van der Waals surface area contributed by atoms with Gasteiger partial charge in [0, 0.05) is 31.7 Å². The molecule has 0 atom stereocenters. The first kappa shape index (κ1) is 19.5. The van der Waals surface area contributed by atoms with Crippen LogP contribution in [0.5, 0.6) is 0 Å². The van der Waals surface area contributed by atoms with E-state index in [0.29, 0.717) is 13.0 Å². The summed E-state index contributed by atoms with van der Waals surface area (Å²) in [7, 11) is 0. The lowest BCUT2D eigenvalue weighted by molar-refractivity contribution is -0.137. The first-order valence-electron chi connectivity index (χ1n) is 8.57. The van der Waals surface area contributed by atoms with Crippen LogP contribution in [0.2, 0.25) is 0 Å². The third-order valence-electron chi connectivity index (χ3n) is 3.93. The van der Waals surface area contributed by atoms with Crippen LogP contribution in [0, 0.1) is 5.41 Å². The summed E-state index contributed by atoms with van der Waals surface area (Å²) in [6, 6.07) is 8.55. The van der Waals surface area contributed by atoms with E-state index in [2.05, 4.69) is 49.9 Å². The maximum Gasteiger partial charge on any atom is 0.303 e. The van der Waals surface area contributed by atoms with E-state index in [0.717, 1.165) is 12.8 Å². The fourth-order valence-corrected chi connectivity index (χ4v) is 2.63. The van der Waals surface area contributed by atoms with Crippen molar-refractivity contribution in [1.29, 1.82) is 0 Å². The average molecular weight is 320 g/mol. The summed E-state index contributed by atoms with van der Waals surface area (Å²) in [6.07, 6.45) is 4.73. The molecule has 1 saturated heterocycles. The molecular weight excluding hydrogens is 288 g/mol. The van der Waals surface area contributed by atoms with Gasteiger partial charge in [-0.1, -0.05) is 32.9 Å². The number of carboxylic acid groups (broad SMARTS) is 1. The van der Waals surface area contributed by atoms with Crippen LogP contribution in [-0.4, -0.2) is 24.2 Å². The third-order valence-corrected chi connectivity index (χ3v) is 3.93. The Morgan fingerprint density at radius 3 is 2.43 bits per heavy atom. The molecule has 1 fully saturated rings. The predicted molar refractivity (Wildman–Crippen MR) is 96.7 cm³/mol. The summed E-state index contributed by atoms with van der Waals surface area (Å²) in [4.78, 5) is 12.5. The second-order valence-electron chi connectivity index (χ2n) is 7.38. The first-order chi connectivity index (χ1) is 10.8. The molecule has 0 radical (unpaired) electrons. The van der Waals surface area contributed by atoms with E-state index in [1.54, 1.807) is 0 Å². The molecule has 0 saturated carbocycles. The number of carboxylic acids is 1. The average Bonchev–Trinajstić information content (AvgIpc) is 3.00. The van der Waals surface area contributed by atoms with E-state index >= 15 is 0 Å². The number of benzene rings is 1. The van der Waals surface area contributed by atoms with E-state index in [4.69, 9.17) is 10.8 Å². The van der Waals surface area contributed by atoms with Gasteiger partial charge in [0.15, 0.2) is 0 Å². The Balaban J connectivity index is 0.000000241. The highest BCUT2D eigenvalue weighted by atomic mass is 16.4. The van der Waals surface area contributed by atoms with Crippen molar-refractivity contribution in [1.82, 2.24) is 0 Å². The number of nitrogens with zero attached hydrogens (tertiary/aromatic N) is 1. The second kappa shape index (κ2) is 9.56. The van der Waals surface area contributed by atoms with Crippen LogP contribution >= 0.6 is 0 Å². The van der Waals surface area contributed by atoms with Crippen LogP contribution in [0.3, 0.4) is 0 Å². The number of hydrogen-bond acceptors (Lipinski definition) is 3. The number of nitrogens with two attached hydrogens (primary N) is 1. The van der Waals surface area contributed by atoms with Gasteiger partial charge in [0.1, 0.15) is 0 Å². The number of aliphatic carboxylic acids is 1. The van der Waals surface area contributed by atoms with Gasteiger partial charge in [-0.05, 0) is 48.8 Å². The molecule has 4 nitrogen and oxygen atoms in total. The summed E-state index contributed by atoms with van der Waals surface area (Å²) < 4.78 is 0. The molecule has 1 aliphatic rings. The molecule has 1 aromatic carbocycles. The maximum atomic E-state index is 10.1. The van der Waals surface area contributed by atoms with Crippen molar-refractivity contribution in [3.8, 4) is 0 Å². The lowest BCUT2D eigenvalue weighted by Gasteiger charge is -2.17. The first-order valence-corrected chi connectivity index (χ1v) is 8.57. The Labute approximate surface area is 140 Å². The molecule has 0 aromatic heterocycles. The van der Waals surface area contributed by atoms with Gasteiger partial charge in [0.2, 0.25) is 0 Å². The standard InChI is InChI=1S/C11H16N2.C8H16O2/c12-9-10-4-3-5-11(8-10)13-6-1-2-7-13;1-8(2,3)6-4-5-7(9)10/h3-5,8H,1-2,6-7,9,12H2;4-6H2,1-3H3,(H,9,10). The van der Waals surface area contributed by atoms with Gasteiger partial charge in [-0.2, -0.15) is 0 Å². The normalized spacial score (nSPS) is 14.3. The maximum absolute atomic E-state index is 10.1. The zero-order valence-corrected chi connectivity index (χ0v) is 14.8. The Kier molecular flexibility index (Phi) is 8.10. The summed E-state index contributed by atoms with van der Waals surface area (Å²) in [5, 5.41) is 8.31. The SMILES string of the molecule is CC(C)(C)CCCC(=O)O.NCc1cccc(N2CCCC2)c1. The minimum Gasteiger partial charge on any atom is -0.481 e. The van der Waals surface area contributed by atoms with Gasteiger partial charge < -0.3 is 15.7 Å². The minimum atomic E-state index is -0.691. The second-order valence-corrected chi connectivity index (χ2v) is 7.38. The Bertz CT molecular complexity index is 475. The number of anilines is 1. The largest absolute Gasteiger partial charge is 0.481 e. The van der Waals surface area contributed by atoms with Gasteiger partial charge >= 0.3 is 5.97 Å². The summed E-state index contributed by atoms with van der Waals surface area (Å²) in [5.74, 6) is -0.691. The van der Waals surface area contributed by atoms with Crippen LogP contribution in [0.15, 0.2) is 24.3 Å². The predicted octanol–water partition coefficient (Wildman–Crippen LogP) is 4.03. The van der Waals surface area contributed by atoms with Crippen LogP contribution in [0.4, 0.5) is 5.69 Å². The van der Waals surface area contributed by atoms with Gasteiger partial charge in [0.25, 0.3) is 0 Å². The van der Waals surface area contributed by atoms with Crippen molar-refractivity contribution in [3.63, 3.8) is 0 Å². The smallest absolute Gasteiger partial charge is 0.303 e. The van der Waals surface area contributed by atoms with Gasteiger partial charge in [-0.25, -0.2) is 0 Å². The summed E-state index contributed by atoms with van der Waals surface area (Å²) in [5.41, 5.74) is 8.43. The minimum absolute atomic E-state index is 0.273. The monoisotopic (exact) mass is 320 g/mol. The van der Waals surface area contributed by atoms with Crippen LogP contribution in [0.25, 0.3) is 0 Å². The van der Waals surface area contributed by atoms with E-state index in [9.17, 15) is 4.79 Å². The van der Waals surface area contributed by atoms with Gasteiger partial charge in [0.05, 0.1) is 0 Å². The van der Waals surface area contributed by atoms with Crippen molar-refractivity contribution in [3.05, 3.63) is 29.8 Å². The van der Waals surface area contributed by atoms with E-state index in [1.807, 2.05) is 0 Å². The van der Waals surface area contributed by atoms with Crippen molar-refractivity contribution in [2.24, 2.45) is 11.1 Å². The van der Waals surface area contributed by atoms with Crippen LogP contribution < -0.4 is 10.6 Å². The molecule has 3 N–H and O–H groups in total. The quantitative estimate of drug-likeness (QED) is 0.859. The molecule has 1 heterocycles. The number of hydrogen-bond donors (Lipinski definition) is 2. The lowest BCUT2D eigenvalue weighted by Crippen LogP contribution is -2.17. The molecule has 0 spiro atoms. The highest BCUT2D eigenvalue weighted by Crippen LogP contribution is 2.21. The number of rotatable bonds is 5. The molecule has 1 aromatic rings. The number of carbonyl (C=O) groups is 1. The zero-order chi connectivity index (χ0) is 17.3. The molecule has 23 heavy (non-hydrogen) atoms. The van der Waals surface area contributed by atoms with Gasteiger partial charge in [-0.15, -0.1) is 0 Å². The van der Waals surface area contributed by atoms with Crippen molar-refractivity contribution >= 4 is 11.7 Å². The molecule has 2 rings (SSSR count). The topological polar surface area (TPSA) is 66.6 Å². The van der Waals surface area contributed by atoms with Gasteiger partial charge in [-0.3, -0.25) is 4.79 Å². The van der Waals surface area contributed by atoms with E-state index in [1.165, 1.54) is 37.2 Å². The third kappa shape index (κ3) is 8.60. The fraction of sp³-hybridized carbons (Fsp3) is 0.632. The van der Waals surface area contributed by atoms with E-state index in [-0.39, 0.29) is 5.41 Å². The molecule has 0 aliphatic carbocycles. The Morgan fingerprint density at radius 2 is 1.91 bits per heavy atom. The lowest BCUT2D eigenvalue weighted by atomic mass is 9.90. The molecule has 4 heteroatoms. The molecule has 0 unspecified atom stereocenters. The van der Waals surface area contributed by atoms with Crippen molar-refractivity contribution in [2.75, 3.05) is 18.0 Å². The van der Waals surface area contributed by atoms with Crippen molar-refractivity contribution < 1.29 is 9.90 Å². The zero-order valence-electron chi connectivity index (χ0n) is 14.8.